The van der Waals surface area contributed by atoms with Crippen molar-refractivity contribution < 1.29 is 4.74 Å². The zero-order valence-corrected chi connectivity index (χ0v) is 11.6. The third kappa shape index (κ3) is 3.43. The topological polar surface area (TPSA) is 33.0 Å². The lowest BCUT2D eigenvalue weighted by molar-refractivity contribution is 0.411. The van der Waals surface area contributed by atoms with Crippen LogP contribution >= 0.6 is 11.8 Å². The van der Waals surface area contributed by atoms with Crippen molar-refractivity contribution >= 4 is 11.8 Å². The normalized spacial score (nSPS) is 16.2. The Morgan fingerprint density at radius 2 is 2.11 bits per heavy atom. The van der Waals surface area contributed by atoms with Crippen molar-refractivity contribution in [2.24, 2.45) is 0 Å². The Hall–Kier alpha value is -1.14. The number of nitriles is 1. The number of ether oxygens (including phenoxy) is 1. The van der Waals surface area contributed by atoms with Crippen LogP contribution in [0.2, 0.25) is 0 Å². The van der Waals surface area contributed by atoms with E-state index in [2.05, 4.69) is 6.07 Å². The molecule has 0 bridgehead atoms. The molecule has 1 aliphatic rings. The van der Waals surface area contributed by atoms with Crippen LogP contribution < -0.4 is 4.74 Å². The van der Waals surface area contributed by atoms with Crippen molar-refractivity contribution in [2.45, 2.75) is 43.1 Å². The van der Waals surface area contributed by atoms with Crippen LogP contribution in [0.15, 0.2) is 18.2 Å². The van der Waals surface area contributed by atoms with E-state index in [1.165, 1.54) is 32.1 Å². The third-order valence-corrected chi connectivity index (χ3v) is 4.86. The van der Waals surface area contributed by atoms with Gasteiger partial charge in [-0.3, -0.25) is 0 Å². The lowest BCUT2D eigenvalue weighted by Gasteiger charge is -2.21. The minimum absolute atomic E-state index is 0.718. The Morgan fingerprint density at radius 1 is 1.33 bits per heavy atom. The molecule has 18 heavy (non-hydrogen) atoms. The molecule has 0 radical (unpaired) electrons. The molecule has 0 spiro atoms. The molecular weight excluding hydrogens is 242 g/mol. The molecule has 0 aromatic heterocycles. The van der Waals surface area contributed by atoms with Crippen LogP contribution in [0.5, 0.6) is 5.75 Å². The zero-order valence-electron chi connectivity index (χ0n) is 10.8. The summed E-state index contributed by atoms with van der Waals surface area (Å²) in [6, 6.07) is 7.86. The Kier molecular flexibility index (Phi) is 4.95. The molecule has 3 heteroatoms. The summed E-state index contributed by atoms with van der Waals surface area (Å²) in [6.45, 7) is 0. The highest BCUT2D eigenvalue weighted by Gasteiger charge is 2.15. The number of nitrogens with zero attached hydrogens (tertiary/aromatic N) is 1. The lowest BCUT2D eigenvalue weighted by Crippen LogP contribution is -2.08. The molecule has 0 heterocycles. The molecule has 0 unspecified atom stereocenters. The van der Waals surface area contributed by atoms with Crippen molar-refractivity contribution in [3.8, 4) is 11.8 Å². The van der Waals surface area contributed by atoms with Crippen LogP contribution in [0.1, 0.15) is 43.2 Å². The highest BCUT2D eigenvalue weighted by Crippen LogP contribution is 2.33. The highest BCUT2D eigenvalue weighted by molar-refractivity contribution is 7.99. The molecule has 0 atom stereocenters. The number of methoxy groups -OCH3 is 1. The largest absolute Gasteiger partial charge is 0.496 e. The second-order valence-electron chi connectivity index (χ2n) is 4.71. The number of rotatable bonds is 4. The van der Waals surface area contributed by atoms with E-state index in [9.17, 15) is 0 Å². The van der Waals surface area contributed by atoms with Crippen molar-refractivity contribution in [1.82, 2.24) is 0 Å². The van der Waals surface area contributed by atoms with E-state index in [0.717, 1.165) is 27.9 Å². The number of thioether (sulfide) groups is 1. The maximum Gasteiger partial charge on any atom is 0.122 e. The van der Waals surface area contributed by atoms with E-state index in [0.29, 0.717) is 0 Å². The first-order chi connectivity index (χ1) is 8.83. The molecule has 0 amide bonds. The van der Waals surface area contributed by atoms with Crippen molar-refractivity contribution in [3.05, 3.63) is 29.3 Å². The van der Waals surface area contributed by atoms with Gasteiger partial charge in [0.1, 0.15) is 5.75 Å². The average Bonchev–Trinajstić information content (AvgIpc) is 2.45. The predicted molar refractivity (Wildman–Crippen MR) is 75.9 cm³/mol. The van der Waals surface area contributed by atoms with E-state index in [1.54, 1.807) is 7.11 Å². The maximum atomic E-state index is 8.94. The quantitative estimate of drug-likeness (QED) is 0.817. The Labute approximate surface area is 113 Å². The van der Waals surface area contributed by atoms with Gasteiger partial charge in [-0.1, -0.05) is 19.3 Å². The monoisotopic (exact) mass is 261 g/mol. The third-order valence-electron chi connectivity index (χ3n) is 3.44. The van der Waals surface area contributed by atoms with Crippen LogP contribution in [0.4, 0.5) is 0 Å². The van der Waals surface area contributed by atoms with E-state index in [-0.39, 0.29) is 0 Å². The first kappa shape index (κ1) is 13.3. The zero-order chi connectivity index (χ0) is 12.8. The van der Waals surface area contributed by atoms with Gasteiger partial charge in [0.2, 0.25) is 0 Å². The van der Waals surface area contributed by atoms with Crippen molar-refractivity contribution in [3.63, 3.8) is 0 Å². The first-order valence-electron chi connectivity index (χ1n) is 6.52. The predicted octanol–water partition coefficient (Wildman–Crippen LogP) is 4.13. The molecule has 0 saturated heterocycles. The number of hydrogen-bond acceptors (Lipinski definition) is 3. The molecular formula is C15H19NOS. The van der Waals surface area contributed by atoms with Gasteiger partial charge in [-0.2, -0.15) is 17.0 Å². The fourth-order valence-corrected chi connectivity index (χ4v) is 3.71. The Balaban J connectivity index is 2.00. The first-order valence-corrected chi connectivity index (χ1v) is 7.57. The molecule has 1 aromatic rings. The molecule has 0 N–H and O–H groups in total. The van der Waals surface area contributed by atoms with Gasteiger partial charge in [-0.25, -0.2) is 0 Å². The van der Waals surface area contributed by atoms with Crippen LogP contribution in [-0.4, -0.2) is 12.4 Å². The Morgan fingerprint density at radius 3 is 2.78 bits per heavy atom. The van der Waals surface area contributed by atoms with Gasteiger partial charge in [0.25, 0.3) is 0 Å². The standard InChI is InChI=1S/C15H19NOS/c1-17-15-8-7-12(10-16)9-13(15)11-18-14-5-3-2-4-6-14/h7-9,14H,2-6,11H2,1H3. The SMILES string of the molecule is COc1ccc(C#N)cc1CSC1CCCCC1. The fourth-order valence-electron chi connectivity index (χ4n) is 2.40. The van der Waals surface area contributed by atoms with Gasteiger partial charge in [0, 0.05) is 16.6 Å². The molecule has 1 saturated carbocycles. The van der Waals surface area contributed by atoms with E-state index < -0.39 is 0 Å². The average molecular weight is 261 g/mol. The van der Waals surface area contributed by atoms with Crippen LogP contribution in [-0.2, 0) is 5.75 Å². The maximum absolute atomic E-state index is 8.94. The number of hydrogen-bond donors (Lipinski definition) is 0. The summed E-state index contributed by atoms with van der Waals surface area (Å²) in [5.41, 5.74) is 1.86. The van der Waals surface area contributed by atoms with Crippen molar-refractivity contribution in [1.29, 1.82) is 5.26 Å². The summed E-state index contributed by atoms with van der Waals surface area (Å²) < 4.78 is 5.36. The molecule has 96 valence electrons. The van der Waals surface area contributed by atoms with Crippen LogP contribution in [0.25, 0.3) is 0 Å². The fraction of sp³-hybridized carbons (Fsp3) is 0.533. The summed E-state index contributed by atoms with van der Waals surface area (Å²) in [5.74, 6) is 1.85. The summed E-state index contributed by atoms with van der Waals surface area (Å²) >= 11 is 2.01. The minimum atomic E-state index is 0.718. The van der Waals surface area contributed by atoms with E-state index >= 15 is 0 Å². The second kappa shape index (κ2) is 6.70. The van der Waals surface area contributed by atoms with Gasteiger partial charge < -0.3 is 4.74 Å². The molecule has 0 aliphatic heterocycles. The number of benzene rings is 1. The lowest BCUT2D eigenvalue weighted by atomic mass is 10.0. The molecule has 2 nitrogen and oxygen atoms in total. The van der Waals surface area contributed by atoms with Crippen LogP contribution in [0, 0.1) is 11.3 Å². The van der Waals surface area contributed by atoms with E-state index in [1.807, 2.05) is 30.0 Å². The minimum Gasteiger partial charge on any atom is -0.496 e. The summed E-state index contributed by atoms with van der Waals surface area (Å²) in [4.78, 5) is 0. The van der Waals surface area contributed by atoms with Gasteiger partial charge in [0.05, 0.1) is 18.7 Å². The second-order valence-corrected chi connectivity index (χ2v) is 6.00. The molecule has 1 aliphatic carbocycles. The Bertz CT molecular complexity index is 433. The van der Waals surface area contributed by atoms with Gasteiger partial charge in [-0.05, 0) is 31.0 Å². The molecule has 1 fully saturated rings. The van der Waals surface area contributed by atoms with Crippen molar-refractivity contribution in [2.75, 3.05) is 7.11 Å². The molecule has 1 aromatic carbocycles. The summed E-state index contributed by atoms with van der Waals surface area (Å²) in [5, 5.41) is 9.73. The summed E-state index contributed by atoms with van der Waals surface area (Å²) in [6.07, 6.45) is 6.81. The summed E-state index contributed by atoms with van der Waals surface area (Å²) in [7, 11) is 1.69. The highest BCUT2D eigenvalue weighted by atomic mass is 32.2. The van der Waals surface area contributed by atoms with Gasteiger partial charge in [-0.15, -0.1) is 0 Å². The smallest absolute Gasteiger partial charge is 0.122 e. The van der Waals surface area contributed by atoms with E-state index in [4.69, 9.17) is 10.00 Å². The van der Waals surface area contributed by atoms with Gasteiger partial charge in [0.15, 0.2) is 0 Å². The van der Waals surface area contributed by atoms with Gasteiger partial charge >= 0.3 is 0 Å². The van der Waals surface area contributed by atoms with Crippen LogP contribution in [0.3, 0.4) is 0 Å². The molecule has 2 rings (SSSR count).